The van der Waals surface area contributed by atoms with E-state index < -0.39 is 0 Å². The SMILES string of the molecule is COc1cc2c(cc1OC)[C@H](C)N(C(=O)Nc1ccc3c(c1)OCCO3)CC2. The summed E-state index contributed by atoms with van der Waals surface area (Å²) >= 11 is 0. The van der Waals surface area contributed by atoms with Crippen molar-refractivity contribution in [2.24, 2.45) is 0 Å². The maximum atomic E-state index is 12.9. The van der Waals surface area contributed by atoms with Crippen LogP contribution < -0.4 is 24.3 Å². The van der Waals surface area contributed by atoms with Gasteiger partial charge in [-0.1, -0.05) is 0 Å². The van der Waals surface area contributed by atoms with E-state index in [0.717, 1.165) is 12.0 Å². The fraction of sp³-hybridized carbons (Fsp3) is 0.381. The molecule has 7 nitrogen and oxygen atoms in total. The maximum absolute atomic E-state index is 12.9. The molecule has 2 aliphatic rings. The Morgan fingerprint density at radius 1 is 1.07 bits per heavy atom. The zero-order valence-corrected chi connectivity index (χ0v) is 16.3. The first-order valence-electron chi connectivity index (χ1n) is 9.32. The van der Waals surface area contributed by atoms with Crippen LogP contribution in [-0.4, -0.2) is 44.9 Å². The number of rotatable bonds is 3. The molecule has 2 heterocycles. The first-order valence-corrected chi connectivity index (χ1v) is 9.32. The monoisotopic (exact) mass is 384 g/mol. The highest BCUT2D eigenvalue weighted by Crippen LogP contribution is 2.38. The number of hydrogen-bond acceptors (Lipinski definition) is 5. The lowest BCUT2D eigenvalue weighted by molar-refractivity contribution is 0.171. The molecule has 4 rings (SSSR count). The largest absolute Gasteiger partial charge is 0.493 e. The van der Waals surface area contributed by atoms with E-state index in [1.807, 2.05) is 36.1 Å². The van der Waals surface area contributed by atoms with Crippen LogP contribution in [0.1, 0.15) is 24.1 Å². The Bertz CT molecular complexity index is 899. The Morgan fingerprint density at radius 3 is 2.54 bits per heavy atom. The Balaban J connectivity index is 1.53. The minimum Gasteiger partial charge on any atom is -0.493 e. The van der Waals surface area contributed by atoms with E-state index in [1.54, 1.807) is 20.3 Å². The van der Waals surface area contributed by atoms with Crippen molar-refractivity contribution in [3.63, 3.8) is 0 Å². The van der Waals surface area contributed by atoms with Gasteiger partial charge in [-0.05, 0) is 48.7 Å². The molecule has 0 bridgehead atoms. The molecule has 0 spiro atoms. The Labute approximate surface area is 164 Å². The minimum absolute atomic E-state index is 0.0826. The number of methoxy groups -OCH3 is 2. The number of nitrogens with zero attached hydrogens (tertiary/aromatic N) is 1. The lowest BCUT2D eigenvalue weighted by Gasteiger charge is -2.35. The Kier molecular flexibility index (Phi) is 4.90. The molecule has 1 N–H and O–H groups in total. The van der Waals surface area contributed by atoms with Gasteiger partial charge in [-0.15, -0.1) is 0 Å². The van der Waals surface area contributed by atoms with Gasteiger partial charge >= 0.3 is 6.03 Å². The number of fused-ring (bicyclic) bond motifs is 2. The summed E-state index contributed by atoms with van der Waals surface area (Å²) in [7, 11) is 3.24. The molecule has 2 aromatic rings. The first-order chi connectivity index (χ1) is 13.6. The first kappa shape index (κ1) is 18.3. The average Bonchev–Trinajstić information content (AvgIpc) is 2.73. The van der Waals surface area contributed by atoms with Gasteiger partial charge in [-0.2, -0.15) is 0 Å². The summed E-state index contributed by atoms with van der Waals surface area (Å²) in [6.45, 7) is 3.70. The van der Waals surface area contributed by atoms with Crippen LogP contribution in [0.3, 0.4) is 0 Å². The number of anilines is 1. The molecule has 148 valence electrons. The normalized spacial score (nSPS) is 17.5. The van der Waals surface area contributed by atoms with E-state index in [1.165, 1.54) is 5.56 Å². The van der Waals surface area contributed by atoms with E-state index in [0.29, 0.717) is 48.4 Å². The van der Waals surface area contributed by atoms with Crippen LogP contribution in [-0.2, 0) is 6.42 Å². The molecule has 0 radical (unpaired) electrons. The fourth-order valence-electron chi connectivity index (χ4n) is 3.74. The highest BCUT2D eigenvalue weighted by Gasteiger charge is 2.29. The number of ether oxygens (including phenoxy) is 4. The second-order valence-corrected chi connectivity index (χ2v) is 6.81. The van der Waals surface area contributed by atoms with Crippen molar-refractivity contribution in [1.29, 1.82) is 0 Å². The third-order valence-corrected chi connectivity index (χ3v) is 5.24. The average molecular weight is 384 g/mol. The lowest BCUT2D eigenvalue weighted by atomic mass is 9.93. The number of benzene rings is 2. The van der Waals surface area contributed by atoms with Gasteiger partial charge in [0.05, 0.1) is 20.3 Å². The molecule has 0 unspecified atom stereocenters. The van der Waals surface area contributed by atoms with E-state index >= 15 is 0 Å². The van der Waals surface area contributed by atoms with Crippen LogP contribution in [0.4, 0.5) is 10.5 Å². The van der Waals surface area contributed by atoms with Crippen LogP contribution in [0.25, 0.3) is 0 Å². The second kappa shape index (κ2) is 7.50. The van der Waals surface area contributed by atoms with Crippen LogP contribution in [0, 0.1) is 0 Å². The predicted molar refractivity (Wildman–Crippen MR) is 105 cm³/mol. The summed E-state index contributed by atoms with van der Waals surface area (Å²) in [5.41, 5.74) is 2.93. The third-order valence-electron chi connectivity index (χ3n) is 5.24. The minimum atomic E-state index is -0.149. The van der Waals surface area contributed by atoms with Crippen LogP contribution in [0.2, 0.25) is 0 Å². The van der Waals surface area contributed by atoms with Crippen molar-refractivity contribution in [1.82, 2.24) is 4.90 Å². The van der Waals surface area contributed by atoms with E-state index in [-0.39, 0.29) is 12.1 Å². The van der Waals surface area contributed by atoms with Gasteiger partial charge in [-0.3, -0.25) is 0 Å². The van der Waals surface area contributed by atoms with E-state index in [2.05, 4.69) is 5.32 Å². The van der Waals surface area contributed by atoms with Gasteiger partial charge in [-0.25, -0.2) is 4.79 Å². The van der Waals surface area contributed by atoms with Crippen LogP contribution in [0.5, 0.6) is 23.0 Å². The van der Waals surface area contributed by atoms with Crippen molar-refractivity contribution in [2.75, 3.05) is 39.3 Å². The highest BCUT2D eigenvalue weighted by molar-refractivity contribution is 5.90. The van der Waals surface area contributed by atoms with E-state index in [4.69, 9.17) is 18.9 Å². The fourth-order valence-corrected chi connectivity index (χ4v) is 3.74. The topological polar surface area (TPSA) is 69.3 Å². The van der Waals surface area contributed by atoms with Crippen molar-refractivity contribution >= 4 is 11.7 Å². The Hall–Kier alpha value is -3.09. The number of carbonyl (C=O) groups is 1. The Morgan fingerprint density at radius 2 is 1.79 bits per heavy atom. The molecule has 0 saturated carbocycles. The quantitative estimate of drug-likeness (QED) is 0.875. The van der Waals surface area contributed by atoms with Gasteiger partial charge in [0.1, 0.15) is 13.2 Å². The van der Waals surface area contributed by atoms with Crippen molar-refractivity contribution in [3.05, 3.63) is 41.5 Å². The highest BCUT2D eigenvalue weighted by atomic mass is 16.6. The predicted octanol–water partition coefficient (Wildman–Crippen LogP) is 3.63. The number of amides is 2. The van der Waals surface area contributed by atoms with E-state index in [9.17, 15) is 4.79 Å². The summed E-state index contributed by atoms with van der Waals surface area (Å²) < 4.78 is 21.9. The van der Waals surface area contributed by atoms with Crippen molar-refractivity contribution < 1.29 is 23.7 Å². The molecule has 2 aliphatic heterocycles. The molecule has 0 fully saturated rings. The van der Waals surface area contributed by atoms with Gasteiger partial charge in [0.25, 0.3) is 0 Å². The molecule has 0 aromatic heterocycles. The molecule has 7 heteroatoms. The van der Waals surface area contributed by atoms with Crippen LogP contribution >= 0.6 is 0 Å². The number of hydrogen-bond donors (Lipinski definition) is 1. The number of carbonyl (C=O) groups excluding carboxylic acids is 1. The van der Waals surface area contributed by atoms with Crippen molar-refractivity contribution in [3.8, 4) is 23.0 Å². The molecular formula is C21H24N2O5. The second-order valence-electron chi connectivity index (χ2n) is 6.81. The standard InChI is InChI=1S/C21H24N2O5/c1-13-16-12-19(26-3)18(25-2)10-14(16)6-7-23(13)21(24)22-15-4-5-17-20(11-15)28-9-8-27-17/h4-5,10-13H,6-9H2,1-3H3,(H,22,24)/t13-/m0/s1. The summed E-state index contributed by atoms with van der Waals surface area (Å²) in [4.78, 5) is 14.7. The smallest absolute Gasteiger partial charge is 0.322 e. The summed E-state index contributed by atoms with van der Waals surface area (Å²) in [6, 6.07) is 9.16. The molecule has 2 aromatic carbocycles. The van der Waals surface area contributed by atoms with Gasteiger partial charge < -0.3 is 29.2 Å². The summed E-state index contributed by atoms with van der Waals surface area (Å²) in [5, 5.41) is 2.97. The molecule has 1 atom stereocenters. The zero-order chi connectivity index (χ0) is 19.7. The molecule has 0 saturated heterocycles. The van der Waals surface area contributed by atoms with Crippen molar-refractivity contribution in [2.45, 2.75) is 19.4 Å². The molecule has 0 aliphatic carbocycles. The lowest BCUT2D eigenvalue weighted by Crippen LogP contribution is -2.41. The van der Waals surface area contributed by atoms with Crippen LogP contribution in [0.15, 0.2) is 30.3 Å². The molecule has 28 heavy (non-hydrogen) atoms. The summed E-state index contributed by atoms with van der Waals surface area (Å²) in [6.07, 6.45) is 0.759. The molecule has 2 amide bonds. The van der Waals surface area contributed by atoms with Gasteiger partial charge in [0.15, 0.2) is 23.0 Å². The third kappa shape index (κ3) is 3.28. The maximum Gasteiger partial charge on any atom is 0.322 e. The number of nitrogens with one attached hydrogen (secondary N) is 1. The zero-order valence-electron chi connectivity index (χ0n) is 16.3. The van der Waals surface area contributed by atoms with Gasteiger partial charge in [0, 0.05) is 18.3 Å². The number of urea groups is 1. The molecular weight excluding hydrogens is 360 g/mol. The summed E-state index contributed by atoms with van der Waals surface area (Å²) in [5.74, 6) is 2.73. The van der Waals surface area contributed by atoms with Gasteiger partial charge in [0.2, 0.25) is 0 Å².